The molecule has 3 aliphatic carbocycles. The zero-order valence-electron chi connectivity index (χ0n) is 29.9. The topological polar surface area (TPSA) is 131 Å². The normalized spacial score (nSPS) is 32.8. The van der Waals surface area contributed by atoms with Gasteiger partial charge in [-0.2, -0.15) is 0 Å². The van der Waals surface area contributed by atoms with E-state index in [1.807, 2.05) is 32.2 Å². The molecule has 8 heteroatoms. The Kier molecular flexibility index (Phi) is 14.9. The van der Waals surface area contributed by atoms with Crippen LogP contribution in [0.3, 0.4) is 0 Å². The second-order valence-electron chi connectivity index (χ2n) is 14.6. The zero-order chi connectivity index (χ0) is 34.7. The Morgan fingerprint density at radius 3 is 2.55 bits per heavy atom. The number of methoxy groups -OCH3 is 1. The molecule has 0 unspecified atom stereocenters. The smallest absolute Gasteiger partial charge is 0.145 e. The Balaban J connectivity index is 1.85. The van der Waals surface area contributed by atoms with Crippen molar-refractivity contribution in [1.82, 2.24) is 10.6 Å². The standard InChI is InChI=1S/C39H64N2O6/c1-29(10-7-12-30(2)26-41-32(4)15-25-47-6)11-8-13-33(28-44)36-18-20-37(16-9-24-42)34(31(3)27-43)14-17-38(46,22-23-40-5)39(37,21-19-36)35(36)45/h8,11-13,27,32,35,40-42,44-46H,1,7,9-10,14-26,28H2,2-6H3/b11-8+,30-12+,33-13-,34-31-/t32-,35-,36+,37-,38+,39+/m1/s1. The van der Waals surface area contributed by atoms with Gasteiger partial charge in [-0.25, -0.2) is 0 Å². The maximum atomic E-state index is 12.7. The quantitative estimate of drug-likeness (QED) is 0.0463. The summed E-state index contributed by atoms with van der Waals surface area (Å²) in [5, 5.41) is 52.7. The van der Waals surface area contributed by atoms with E-state index in [1.165, 1.54) is 5.57 Å². The van der Waals surface area contributed by atoms with E-state index in [-0.39, 0.29) is 13.2 Å². The van der Waals surface area contributed by atoms with Gasteiger partial charge in [-0.05, 0) is 123 Å². The molecule has 3 saturated carbocycles. The van der Waals surface area contributed by atoms with Crippen molar-refractivity contribution in [1.29, 1.82) is 0 Å². The molecule has 2 bridgehead atoms. The lowest BCUT2D eigenvalue weighted by molar-refractivity contribution is -0.240. The van der Waals surface area contributed by atoms with E-state index in [2.05, 4.69) is 37.1 Å². The molecule has 0 heterocycles. The predicted molar refractivity (Wildman–Crippen MR) is 190 cm³/mol. The van der Waals surface area contributed by atoms with Crippen molar-refractivity contribution in [3.63, 3.8) is 0 Å². The Hall–Kier alpha value is -1.91. The van der Waals surface area contributed by atoms with Crippen molar-refractivity contribution in [2.45, 2.75) is 116 Å². The average molecular weight is 657 g/mol. The van der Waals surface area contributed by atoms with Gasteiger partial charge in [-0.3, -0.25) is 4.79 Å². The molecule has 0 amide bonds. The van der Waals surface area contributed by atoms with E-state index in [0.29, 0.717) is 75.9 Å². The Morgan fingerprint density at radius 1 is 1.15 bits per heavy atom. The highest BCUT2D eigenvalue weighted by molar-refractivity contribution is 5.74. The van der Waals surface area contributed by atoms with Crippen LogP contribution in [0.4, 0.5) is 0 Å². The zero-order valence-corrected chi connectivity index (χ0v) is 29.9. The van der Waals surface area contributed by atoms with Crippen molar-refractivity contribution in [3.8, 4) is 0 Å². The number of aldehydes is 1. The molecule has 47 heavy (non-hydrogen) atoms. The lowest BCUT2D eigenvalue weighted by atomic mass is 9.39. The summed E-state index contributed by atoms with van der Waals surface area (Å²) in [6.07, 6.45) is 16.1. The minimum absolute atomic E-state index is 0.0121. The van der Waals surface area contributed by atoms with Crippen LogP contribution in [0.25, 0.3) is 0 Å². The first-order chi connectivity index (χ1) is 22.5. The Morgan fingerprint density at radius 2 is 1.89 bits per heavy atom. The van der Waals surface area contributed by atoms with Crippen LogP contribution in [0.5, 0.6) is 0 Å². The number of fused-ring (bicyclic) bond motifs is 1. The van der Waals surface area contributed by atoms with Gasteiger partial charge in [-0.15, -0.1) is 0 Å². The van der Waals surface area contributed by atoms with Gasteiger partial charge >= 0.3 is 0 Å². The van der Waals surface area contributed by atoms with Crippen LogP contribution in [-0.2, 0) is 9.53 Å². The van der Waals surface area contributed by atoms with Crippen LogP contribution in [0.15, 0.2) is 58.7 Å². The molecule has 0 aromatic carbocycles. The summed E-state index contributed by atoms with van der Waals surface area (Å²) < 4.78 is 5.16. The van der Waals surface area contributed by atoms with E-state index >= 15 is 0 Å². The monoisotopic (exact) mass is 656 g/mol. The number of nitrogens with one attached hydrogen (secondary N) is 2. The predicted octanol–water partition coefficient (Wildman–Crippen LogP) is 5.09. The number of rotatable bonds is 20. The van der Waals surface area contributed by atoms with Crippen molar-refractivity contribution in [2.75, 3.05) is 47.1 Å². The van der Waals surface area contributed by atoms with E-state index < -0.39 is 27.9 Å². The highest BCUT2D eigenvalue weighted by atomic mass is 16.5. The van der Waals surface area contributed by atoms with E-state index in [1.54, 1.807) is 7.11 Å². The number of carbonyl (C=O) groups is 1. The molecule has 3 aliphatic rings. The van der Waals surface area contributed by atoms with E-state index in [4.69, 9.17) is 4.74 Å². The highest BCUT2D eigenvalue weighted by Gasteiger charge is 2.76. The number of aliphatic hydroxyl groups excluding tert-OH is 3. The van der Waals surface area contributed by atoms with Gasteiger partial charge in [-0.1, -0.05) is 47.6 Å². The molecule has 0 aromatic rings. The minimum Gasteiger partial charge on any atom is -0.396 e. The maximum Gasteiger partial charge on any atom is 0.145 e. The van der Waals surface area contributed by atoms with Gasteiger partial charge < -0.3 is 35.8 Å². The molecular weight excluding hydrogens is 592 g/mol. The summed E-state index contributed by atoms with van der Waals surface area (Å²) in [6, 6.07) is 0.400. The Bertz CT molecular complexity index is 1190. The number of aliphatic hydroxyl groups is 4. The van der Waals surface area contributed by atoms with Gasteiger partial charge in [0, 0.05) is 49.2 Å². The van der Waals surface area contributed by atoms with Crippen molar-refractivity contribution >= 4 is 6.29 Å². The third-order valence-corrected chi connectivity index (χ3v) is 12.1. The third-order valence-electron chi connectivity index (χ3n) is 12.1. The van der Waals surface area contributed by atoms with E-state index in [0.717, 1.165) is 55.4 Å². The molecule has 0 saturated heterocycles. The molecule has 6 N–H and O–H groups in total. The second-order valence-corrected chi connectivity index (χ2v) is 14.6. The van der Waals surface area contributed by atoms with E-state index in [9.17, 15) is 25.2 Å². The first-order valence-electron chi connectivity index (χ1n) is 17.8. The van der Waals surface area contributed by atoms with Crippen LogP contribution in [-0.4, -0.2) is 91.5 Å². The minimum atomic E-state index is -1.16. The molecule has 1 spiro atoms. The molecular formula is C39H64N2O6. The highest BCUT2D eigenvalue weighted by Crippen LogP contribution is 2.77. The van der Waals surface area contributed by atoms with Crippen LogP contribution in [0.2, 0.25) is 0 Å². The summed E-state index contributed by atoms with van der Waals surface area (Å²) in [4.78, 5) is 12.2. The molecule has 3 rings (SSSR count). The maximum absolute atomic E-state index is 12.7. The Labute approximate surface area is 284 Å². The van der Waals surface area contributed by atoms with Crippen LogP contribution in [0, 0.1) is 16.2 Å². The van der Waals surface area contributed by atoms with Crippen molar-refractivity contribution in [2.24, 2.45) is 16.2 Å². The van der Waals surface area contributed by atoms with Crippen LogP contribution >= 0.6 is 0 Å². The summed E-state index contributed by atoms with van der Waals surface area (Å²) in [6.45, 7) is 12.4. The number of ether oxygens (including phenoxy) is 1. The fraction of sp³-hybridized carbons (Fsp3) is 0.718. The largest absolute Gasteiger partial charge is 0.396 e. The summed E-state index contributed by atoms with van der Waals surface area (Å²) in [5.74, 6) is 0. The summed E-state index contributed by atoms with van der Waals surface area (Å²) in [5.41, 5.74) is 1.45. The van der Waals surface area contributed by atoms with Gasteiger partial charge in [0.25, 0.3) is 0 Å². The number of allylic oxidation sites excluding steroid dienone is 7. The molecule has 3 fully saturated rings. The summed E-state index contributed by atoms with van der Waals surface area (Å²) >= 11 is 0. The van der Waals surface area contributed by atoms with Crippen LogP contribution < -0.4 is 10.6 Å². The second kappa shape index (κ2) is 17.7. The average Bonchev–Trinajstić information content (AvgIpc) is 3.26. The molecule has 0 aliphatic heterocycles. The van der Waals surface area contributed by atoms with Gasteiger partial charge in [0.05, 0.1) is 18.3 Å². The number of carbonyl (C=O) groups excluding carboxylic acids is 1. The first kappa shape index (κ1) is 39.5. The SMILES string of the molecule is C=C(/C=C/C=C(/CO)[C@]12CC[C@]3(CCCO)/C(=C(/C)C=O)CC[C@](O)(CCNC)[C@@]3(CC1)[C@@H]2O)CC/C=C(\C)CN[C@H](C)CCOC. The van der Waals surface area contributed by atoms with Gasteiger partial charge in [0.2, 0.25) is 0 Å². The fourth-order valence-electron chi connectivity index (χ4n) is 9.50. The first-order valence-corrected chi connectivity index (χ1v) is 17.8. The summed E-state index contributed by atoms with van der Waals surface area (Å²) in [7, 11) is 3.59. The van der Waals surface area contributed by atoms with Gasteiger partial charge in [0.15, 0.2) is 0 Å². The molecule has 6 atom stereocenters. The third kappa shape index (κ3) is 7.95. The number of hydrogen-bond acceptors (Lipinski definition) is 8. The lowest BCUT2D eigenvalue weighted by Gasteiger charge is -2.67. The molecule has 0 radical (unpaired) electrons. The molecule has 0 aromatic heterocycles. The van der Waals surface area contributed by atoms with Crippen LogP contribution in [0.1, 0.15) is 97.8 Å². The van der Waals surface area contributed by atoms with Crippen molar-refractivity contribution in [3.05, 3.63) is 58.7 Å². The van der Waals surface area contributed by atoms with Gasteiger partial charge in [0.1, 0.15) is 6.29 Å². The number of hydrogen-bond donors (Lipinski definition) is 6. The molecule has 8 nitrogen and oxygen atoms in total. The van der Waals surface area contributed by atoms with Crippen molar-refractivity contribution < 1.29 is 30.0 Å². The lowest BCUT2D eigenvalue weighted by Crippen LogP contribution is -2.69. The molecule has 266 valence electrons. The fourth-order valence-corrected chi connectivity index (χ4v) is 9.50.